The van der Waals surface area contributed by atoms with Crippen LogP contribution in [-0.2, 0) is 0 Å². The van der Waals surface area contributed by atoms with Crippen molar-refractivity contribution in [2.24, 2.45) is 40.4 Å². The van der Waals surface area contributed by atoms with Crippen molar-refractivity contribution < 1.29 is 10.2 Å². The molecule has 3 heteroatoms. The van der Waals surface area contributed by atoms with Crippen molar-refractivity contribution >= 4 is 15.9 Å². The third-order valence-electron chi connectivity index (χ3n) is 8.77. The van der Waals surface area contributed by atoms with Gasteiger partial charge in [0.25, 0.3) is 0 Å². The van der Waals surface area contributed by atoms with Gasteiger partial charge in [-0.25, -0.2) is 0 Å². The Morgan fingerprint density at radius 2 is 1.83 bits per heavy atom. The molecule has 4 rings (SSSR count). The fourth-order valence-electron chi connectivity index (χ4n) is 7.96. The highest BCUT2D eigenvalue weighted by atomic mass is 79.9. The summed E-state index contributed by atoms with van der Waals surface area (Å²) < 4.78 is 0. The van der Waals surface area contributed by atoms with E-state index in [-0.39, 0.29) is 16.9 Å². The molecule has 0 heterocycles. The molecule has 0 aromatic carbocycles. The second kappa shape index (κ2) is 4.98. The highest BCUT2D eigenvalue weighted by Crippen LogP contribution is 2.75. The number of rotatable bonds is 1. The highest BCUT2D eigenvalue weighted by Gasteiger charge is 2.72. The minimum absolute atomic E-state index is 0.135. The first-order valence-electron chi connectivity index (χ1n) is 9.68. The first kappa shape index (κ1) is 16.8. The molecule has 23 heavy (non-hydrogen) atoms. The van der Waals surface area contributed by atoms with Gasteiger partial charge in [-0.05, 0) is 85.9 Å². The van der Waals surface area contributed by atoms with Gasteiger partial charge >= 0.3 is 0 Å². The van der Waals surface area contributed by atoms with E-state index in [1.54, 1.807) is 0 Å². The molecule has 0 aromatic rings. The Balaban J connectivity index is 1.82. The molecule has 4 aliphatic carbocycles. The van der Waals surface area contributed by atoms with Crippen molar-refractivity contribution in [1.29, 1.82) is 0 Å². The van der Waals surface area contributed by atoms with Crippen LogP contribution in [0.15, 0.2) is 0 Å². The molecule has 0 aliphatic heterocycles. The maximum absolute atomic E-state index is 11.4. The van der Waals surface area contributed by atoms with Crippen molar-refractivity contribution in [2.45, 2.75) is 82.8 Å². The van der Waals surface area contributed by atoms with Crippen LogP contribution in [0.1, 0.15) is 66.2 Å². The molecular formula is C20H33BrO2. The molecular weight excluding hydrogens is 352 g/mol. The molecule has 0 aromatic heterocycles. The normalized spacial score (nSPS) is 61.6. The molecule has 0 spiro atoms. The van der Waals surface area contributed by atoms with E-state index in [1.165, 1.54) is 19.3 Å². The van der Waals surface area contributed by atoms with Gasteiger partial charge in [-0.2, -0.15) is 0 Å². The first-order chi connectivity index (χ1) is 10.6. The van der Waals surface area contributed by atoms with Gasteiger partial charge in [0, 0.05) is 4.83 Å². The standard InChI is InChI=1S/C20H33BrO2/c1-11(2)13-9-12-14(22)10-20(13)8-7-18(3)15(21)5-6-19(4,23)17(18)16(12)20/h11-17,22-23H,5-10H2,1-4H3/t12-,13-,14?,15-,16-,17-,18+,19+,20-/m0/s1. The fourth-order valence-corrected chi connectivity index (χ4v) is 8.71. The van der Waals surface area contributed by atoms with Gasteiger partial charge in [0.05, 0.1) is 11.7 Å². The number of hydrogen-bond acceptors (Lipinski definition) is 2. The van der Waals surface area contributed by atoms with Gasteiger partial charge in [-0.3, -0.25) is 0 Å². The van der Waals surface area contributed by atoms with Crippen LogP contribution in [0.25, 0.3) is 0 Å². The minimum atomic E-state index is -0.580. The summed E-state index contributed by atoms with van der Waals surface area (Å²) in [6.07, 6.45) is 6.44. The Kier molecular flexibility index (Phi) is 3.65. The summed E-state index contributed by atoms with van der Waals surface area (Å²) in [6, 6.07) is 0. The van der Waals surface area contributed by atoms with Gasteiger partial charge < -0.3 is 10.2 Å². The average molecular weight is 385 g/mol. The Hall–Kier alpha value is 0.400. The topological polar surface area (TPSA) is 40.5 Å². The number of aliphatic hydroxyl groups is 2. The quantitative estimate of drug-likeness (QED) is 0.658. The lowest BCUT2D eigenvalue weighted by atomic mass is 9.45. The molecule has 2 bridgehead atoms. The second-order valence-electron chi connectivity index (χ2n) is 10.1. The largest absolute Gasteiger partial charge is 0.393 e. The summed E-state index contributed by atoms with van der Waals surface area (Å²) in [6.45, 7) is 9.22. The van der Waals surface area contributed by atoms with E-state index in [0.29, 0.717) is 28.5 Å². The average Bonchev–Trinajstić information content (AvgIpc) is 2.92. The SMILES string of the molecule is CC(C)[C@@H]1C[C@H]2C(O)C[C@@]13CC[C@]1(C)[C@@H](Br)CC[C@@](C)(O)[C@H]1[C@H]23. The molecule has 0 amide bonds. The number of alkyl halides is 1. The monoisotopic (exact) mass is 384 g/mol. The summed E-state index contributed by atoms with van der Waals surface area (Å²) in [5, 5.41) is 22.1. The van der Waals surface area contributed by atoms with E-state index in [1.807, 2.05) is 0 Å². The molecule has 2 nitrogen and oxygen atoms in total. The van der Waals surface area contributed by atoms with E-state index >= 15 is 0 Å². The van der Waals surface area contributed by atoms with Crippen molar-refractivity contribution in [1.82, 2.24) is 0 Å². The van der Waals surface area contributed by atoms with Gasteiger partial charge in [-0.1, -0.05) is 36.7 Å². The van der Waals surface area contributed by atoms with Crippen molar-refractivity contribution in [3.05, 3.63) is 0 Å². The number of aliphatic hydroxyl groups excluding tert-OH is 1. The zero-order valence-corrected chi connectivity index (χ0v) is 16.6. The zero-order chi connectivity index (χ0) is 16.8. The van der Waals surface area contributed by atoms with Crippen LogP contribution in [0.2, 0.25) is 0 Å². The summed E-state index contributed by atoms with van der Waals surface area (Å²) >= 11 is 3.98. The van der Waals surface area contributed by atoms with Crippen LogP contribution in [-0.4, -0.2) is 26.7 Å². The molecule has 4 saturated carbocycles. The van der Waals surface area contributed by atoms with Gasteiger partial charge in [0.2, 0.25) is 0 Å². The lowest BCUT2D eigenvalue weighted by molar-refractivity contribution is -0.170. The number of hydrogen-bond donors (Lipinski definition) is 2. The van der Waals surface area contributed by atoms with Crippen molar-refractivity contribution in [3.8, 4) is 0 Å². The van der Waals surface area contributed by atoms with Crippen LogP contribution >= 0.6 is 15.9 Å². The van der Waals surface area contributed by atoms with Gasteiger partial charge in [-0.15, -0.1) is 0 Å². The summed E-state index contributed by atoms with van der Waals surface area (Å²) in [5.41, 5.74) is -0.121. The predicted octanol–water partition coefficient (Wildman–Crippen LogP) is 4.37. The zero-order valence-electron chi connectivity index (χ0n) is 15.1. The lowest BCUT2D eigenvalue weighted by Gasteiger charge is -2.62. The van der Waals surface area contributed by atoms with Crippen molar-refractivity contribution in [2.75, 3.05) is 0 Å². The predicted molar refractivity (Wildman–Crippen MR) is 96.4 cm³/mol. The van der Waals surface area contributed by atoms with E-state index < -0.39 is 5.60 Å². The summed E-state index contributed by atoms with van der Waals surface area (Å²) in [7, 11) is 0. The van der Waals surface area contributed by atoms with Crippen molar-refractivity contribution in [3.63, 3.8) is 0 Å². The number of fused-ring (bicyclic) bond motifs is 1. The third kappa shape index (κ3) is 1.99. The highest BCUT2D eigenvalue weighted by molar-refractivity contribution is 9.09. The van der Waals surface area contributed by atoms with E-state index in [2.05, 4.69) is 43.6 Å². The van der Waals surface area contributed by atoms with Crippen LogP contribution in [0, 0.1) is 40.4 Å². The third-order valence-corrected chi connectivity index (χ3v) is 10.3. The smallest absolute Gasteiger partial charge is 0.0656 e. The second-order valence-corrected chi connectivity index (χ2v) is 11.2. The van der Waals surface area contributed by atoms with Crippen LogP contribution in [0.3, 0.4) is 0 Å². The van der Waals surface area contributed by atoms with Gasteiger partial charge in [0.1, 0.15) is 0 Å². The molecule has 2 N–H and O–H groups in total. The lowest BCUT2D eigenvalue weighted by Crippen LogP contribution is -2.61. The minimum Gasteiger partial charge on any atom is -0.393 e. The van der Waals surface area contributed by atoms with Crippen LogP contribution in [0.4, 0.5) is 0 Å². The fraction of sp³-hybridized carbons (Fsp3) is 1.00. The summed E-state index contributed by atoms with van der Waals surface area (Å²) in [5.74, 6) is 2.67. The molecule has 4 aliphatic rings. The molecule has 1 unspecified atom stereocenters. The Labute approximate surface area is 149 Å². The van der Waals surface area contributed by atoms with Crippen LogP contribution < -0.4 is 0 Å². The van der Waals surface area contributed by atoms with E-state index in [9.17, 15) is 10.2 Å². The Morgan fingerprint density at radius 1 is 1.13 bits per heavy atom. The summed E-state index contributed by atoms with van der Waals surface area (Å²) in [4.78, 5) is 0.507. The first-order valence-corrected chi connectivity index (χ1v) is 10.6. The molecule has 132 valence electrons. The Bertz CT molecular complexity index is 504. The molecule has 4 fully saturated rings. The maximum atomic E-state index is 11.4. The Morgan fingerprint density at radius 3 is 2.48 bits per heavy atom. The van der Waals surface area contributed by atoms with E-state index in [0.717, 1.165) is 25.2 Å². The maximum Gasteiger partial charge on any atom is 0.0656 e. The van der Waals surface area contributed by atoms with Gasteiger partial charge in [0.15, 0.2) is 0 Å². The van der Waals surface area contributed by atoms with E-state index in [4.69, 9.17) is 0 Å². The number of halogens is 1. The molecule has 9 atom stereocenters. The molecule has 0 radical (unpaired) electrons. The van der Waals surface area contributed by atoms with Crippen LogP contribution in [0.5, 0.6) is 0 Å². The molecule has 0 saturated heterocycles.